The van der Waals surface area contributed by atoms with Crippen molar-refractivity contribution in [3.05, 3.63) is 17.7 Å². The van der Waals surface area contributed by atoms with Gasteiger partial charge in [-0.15, -0.1) is 11.3 Å². The summed E-state index contributed by atoms with van der Waals surface area (Å²) in [5, 5.41) is 0. The minimum absolute atomic E-state index is 0.120. The van der Waals surface area contributed by atoms with Crippen molar-refractivity contribution in [3.8, 4) is 0 Å². The van der Waals surface area contributed by atoms with Crippen LogP contribution in [0.2, 0.25) is 0 Å². The molecule has 0 radical (unpaired) electrons. The predicted octanol–water partition coefficient (Wildman–Crippen LogP) is 1.59. The molecule has 0 fully saturated rings. The Morgan fingerprint density at radius 1 is 1.40 bits per heavy atom. The molecule has 1 aromatic heterocycles. The molecule has 0 saturated heterocycles. The molecule has 0 atom stereocenters. The number of nitrogens with zero attached hydrogens (tertiary/aromatic N) is 1. The highest BCUT2D eigenvalue weighted by atomic mass is 32.2. The van der Waals surface area contributed by atoms with Crippen LogP contribution in [0.1, 0.15) is 5.56 Å². The van der Waals surface area contributed by atoms with E-state index in [0.717, 1.165) is 27.9 Å². The Bertz CT molecular complexity index is 629. The second kappa shape index (κ2) is 3.18. The summed E-state index contributed by atoms with van der Waals surface area (Å²) in [6, 6.07) is 3.67. The van der Waals surface area contributed by atoms with Crippen LogP contribution >= 0.6 is 11.3 Å². The molecule has 15 heavy (non-hydrogen) atoms. The highest BCUT2D eigenvalue weighted by Gasteiger charge is 2.15. The molecule has 0 amide bonds. The number of hydrogen-bond donors (Lipinski definition) is 1. The number of aromatic nitrogens is 1. The summed E-state index contributed by atoms with van der Waals surface area (Å²) in [6.45, 7) is 1.91. The van der Waals surface area contributed by atoms with Gasteiger partial charge in [-0.3, -0.25) is 0 Å². The molecule has 0 aliphatic rings. The van der Waals surface area contributed by atoms with Crippen molar-refractivity contribution >= 4 is 37.1 Å². The molecule has 0 unspecified atom stereocenters. The summed E-state index contributed by atoms with van der Waals surface area (Å²) in [7, 11) is -3.24. The summed E-state index contributed by atoms with van der Waals surface area (Å²) in [5.74, 6) is 0. The fourth-order valence-corrected chi connectivity index (χ4v) is 3.30. The zero-order chi connectivity index (χ0) is 11.2. The molecule has 1 aromatic carbocycles. The minimum atomic E-state index is -3.24. The topological polar surface area (TPSA) is 73.0 Å². The maximum Gasteiger partial charge on any atom is 0.210 e. The lowest BCUT2D eigenvalue weighted by molar-refractivity contribution is 0.601. The number of aryl methyl sites for hydroxylation is 1. The first-order valence-corrected chi connectivity index (χ1v) is 6.95. The molecular formula is C9H10N2O2S2. The molecular weight excluding hydrogens is 232 g/mol. The van der Waals surface area contributed by atoms with Crippen LogP contribution in [0.3, 0.4) is 0 Å². The van der Waals surface area contributed by atoms with Crippen LogP contribution in [0, 0.1) is 6.92 Å². The van der Waals surface area contributed by atoms with Crippen molar-refractivity contribution in [2.24, 2.45) is 0 Å². The van der Waals surface area contributed by atoms with E-state index < -0.39 is 9.84 Å². The van der Waals surface area contributed by atoms with Crippen LogP contribution in [0.15, 0.2) is 16.5 Å². The second-order valence-corrected chi connectivity index (χ2v) is 6.67. The largest absolute Gasteiger partial charge is 0.397 e. The molecule has 0 bridgehead atoms. The van der Waals surface area contributed by atoms with Crippen molar-refractivity contribution in [1.82, 2.24) is 4.98 Å². The summed E-state index contributed by atoms with van der Waals surface area (Å²) in [6.07, 6.45) is 1.15. The van der Waals surface area contributed by atoms with Crippen molar-refractivity contribution < 1.29 is 8.42 Å². The Labute approximate surface area is 91.7 Å². The Hall–Kier alpha value is -1.14. The zero-order valence-corrected chi connectivity index (χ0v) is 9.95. The second-order valence-electron chi connectivity index (χ2n) is 3.45. The number of fused-ring (bicyclic) bond motifs is 1. The fraction of sp³-hybridized carbons (Fsp3) is 0.222. The van der Waals surface area contributed by atoms with Gasteiger partial charge >= 0.3 is 0 Å². The summed E-state index contributed by atoms with van der Waals surface area (Å²) in [5.41, 5.74) is 7.87. The van der Waals surface area contributed by atoms with Crippen LogP contribution in [0.25, 0.3) is 10.2 Å². The van der Waals surface area contributed by atoms with Crippen molar-refractivity contribution in [1.29, 1.82) is 0 Å². The van der Waals surface area contributed by atoms with Gasteiger partial charge in [-0.25, -0.2) is 13.4 Å². The molecule has 1 heterocycles. The molecule has 0 aliphatic heterocycles. The highest BCUT2D eigenvalue weighted by molar-refractivity contribution is 7.92. The molecule has 2 rings (SSSR count). The summed E-state index contributed by atoms with van der Waals surface area (Å²) < 4.78 is 23.5. The molecule has 4 nitrogen and oxygen atoms in total. The van der Waals surface area contributed by atoms with Gasteiger partial charge in [0.15, 0.2) is 0 Å². The van der Waals surface area contributed by atoms with Gasteiger partial charge in [0.2, 0.25) is 14.2 Å². The lowest BCUT2D eigenvalue weighted by Gasteiger charge is -1.95. The predicted molar refractivity (Wildman–Crippen MR) is 61.9 cm³/mol. The molecule has 6 heteroatoms. The summed E-state index contributed by atoms with van der Waals surface area (Å²) in [4.78, 5) is 4.03. The Kier molecular flexibility index (Phi) is 2.20. The normalized spacial score (nSPS) is 12.1. The van der Waals surface area contributed by atoms with Gasteiger partial charge in [-0.2, -0.15) is 0 Å². The quantitative estimate of drug-likeness (QED) is 0.771. The number of sulfone groups is 1. The van der Waals surface area contributed by atoms with E-state index in [2.05, 4.69) is 4.98 Å². The average Bonchev–Trinajstić information content (AvgIpc) is 2.46. The summed E-state index contributed by atoms with van der Waals surface area (Å²) >= 11 is 1.15. The van der Waals surface area contributed by atoms with E-state index in [0.29, 0.717) is 11.2 Å². The van der Waals surface area contributed by atoms with Gasteiger partial charge in [0.1, 0.15) is 5.52 Å². The van der Waals surface area contributed by atoms with Crippen LogP contribution in [0.4, 0.5) is 5.69 Å². The molecule has 0 spiro atoms. The van der Waals surface area contributed by atoms with Crippen molar-refractivity contribution in [2.45, 2.75) is 11.3 Å². The first kappa shape index (κ1) is 10.4. The minimum Gasteiger partial charge on any atom is -0.397 e. The number of benzene rings is 1. The maximum absolute atomic E-state index is 11.3. The van der Waals surface area contributed by atoms with Crippen LogP contribution in [0.5, 0.6) is 0 Å². The number of nitrogens with two attached hydrogens (primary N) is 1. The number of thiazole rings is 1. The van der Waals surface area contributed by atoms with E-state index in [1.165, 1.54) is 0 Å². The third-order valence-corrected chi connectivity index (χ3v) is 4.65. The van der Waals surface area contributed by atoms with E-state index in [9.17, 15) is 8.42 Å². The molecule has 0 saturated carbocycles. The van der Waals surface area contributed by atoms with Gasteiger partial charge in [0.25, 0.3) is 0 Å². The van der Waals surface area contributed by atoms with Crippen LogP contribution in [-0.2, 0) is 9.84 Å². The highest BCUT2D eigenvalue weighted by Crippen LogP contribution is 2.30. The van der Waals surface area contributed by atoms with Gasteiger partial charge < -0.3 is 5.73 Å². The molecule has 2 aromatic rings. The number of anilines is 1. The smallest absolute Gasteiger partial charge is 0.210 e. The van der Waals surface area contributed by atoms with Crippen molar-refractivity contribution in [3.63, 3.8) is 0 Å². The standard InChI is InChI=1S/C9H10N2O2S2/c1-5-3-6(10)8-7(4-5)14-9(11-8)15(2,12)13/h3-4H,10H2,1-2H3. The molecule has 0 aliphatic carbocycles. The van der Waals surface area contributed by atoms with Gasteiger partial charge in [0, 0.05) is 6.26 Å². The molecule has 80 valence electrons. The fourth-order valence-electron chi connectivity index (χ4n) is 1.34. The lowest BCUT2D eigenvalue weighted by Crippen LogP contribution is -1.95. The van der Waals surface area contributed by atoms with E-state index in [-0.39, 0.29) is 4.34 Å². The van der Waals surface area contributed by atoms with Gasteiger partial charge in [-0.1, -0.05) is 0 Å². The lowest BCUT2D eigenvalue weighted by atomic mass is 10.2. The first-order chi connectivity index (χ1) is 6.88. The monoisotopic (exact) mass is 242 g/mol. The first-order valence-electron chi connectivity index (χ1n) is 4.24. The zero-order valence-electron chi connectivity index (χ0n) is 8.31. The Morgan fingerprint density at radius 2 is 2.07 bits per heavy atom. The van der Waals surface area contributed by atoms with Crippen LogP contribution < -0.4 is 5.73 Å². The van der Waals surface area contributed by atoms with Gasteiger partial charge in [0.05, 0.1) is 10.4 Å². The Morgan fingerprint density at radius 3 is 2.67 bits per heavy atom. The number of nitrogen functional groups attached to an aromatic ring is 1. The van der Waals surface area contributed by atoms with E-state index in [1.54, 1.807) is 6.07 Å². The van der Waals surface area contributed by atoms with Crippen LogP contribution in [-0.4, -0.2) is 19.7 Å². The van der Waals surface area contributed by atoms with Crippen molar-refractivity contribution in [2.75, 3.05) is 12.0 Å². The third-order valence-electron chi connectivity index (χ3n) is 1.97. The van der Waals surface area contributed by atoms with Gasteiger partial charge in [-0.05, 0) is 24.6 Å². The number of hydrogen-bond acceptors (Lipinski definition) is 5. The SMILES string of the molecule is Cc1cc(N)c2nc(S(C)(=O)=O)sc2c1. The van der Waals surface area contributed by atoms with E-state index >= 15 is 0 Å². The third kappa shape index (κ3) is 1.82. The Balaban J connectivity index is 2.82. The van der Waals surface area contributed by atoms with E-state index in [4.69, 9.17) is 5.73 Å². The molecule has 2 N–H and O–H groups in total. The maximum atomic E-state index is 11.3. The average molecular weight is 242 g/mol. The van der Waals surface area contributed by atoms with E-state index in [1.807, 2.05) is 13.0 Å². The number of rotatable bonds is 1.